The van der Waals surface area contributed by atoms with Gasteiger partial charge in [-0.1, -0.05) is 42.5 Å². The van der Waals surface area contributed by atoms with Crippen LogP contribution >= 0.6 is 0 Å². The molecule has 0 aromatic heterocycles. The van der Waals surface area contributed by atoms with Crippen LogP contribution in [0.1, 0.15) is 12.0 Å². The summed E-state index contributed by atoms with van der Waals surface area (Å²) in [6, 6.07) is 16.5. The molecule has 18 heavy (non-hydrogen) atoms. The van der Waals surface area contributed by atoms with Gasteiger partial charge >= 0.3 is 0 Å². The molecule has 1 aliphatic heterocycles. The monoisotopic (exact) mass is 238 g/mol. The van der Waals surface area contributed by atoms with Crippen molar-refractivity contribution in [1.82, 2.24) is 0 Å². The minimum Gasteiger partial charge on any atom is -0.229 e. The van der Waals surface area contributed by atoms with Crippen molar-refractivity contribution >= 4 is 5.69 Å². The van der Waals surface area contributed by atoms with Gasteiger partial charge < -0.3 is 0 Å². The first-order chi connectivity index (χ1) is 8.88. The Balaban J connectivity index is 2.07. The first-order valence-electron chi connectivity index (χ1n) is 6.17. The Kier molecular flexibility index (Phi) is 2.81. The zero-order chi connectivity index (χ0) is 12.4. The van der Waals surface area contributed by atoms with Gasteiger partial charge in [-0.3, -0.25) is 0 Å². The van der Waals surface area contributed by atoms with Gasteiger partial charge in [0.1, 0.15) is 0 Å². The van der Waals surface area contributed by atoms with Crippen molar-refractivity contribution in [3.8, 4) is 11.1 Å². The molecule has 0 N–H and O–H groups in total. The summed E-state index contributed by atoms with van der Waals surface area (Å²) in [5.41, 5.74) is 4.46. The fourth-order valence-electron chi connectivity index (χ4n) is 2.45. The maximum absolute atomic E-state index is 10.8. The van der Waals surface area contributed by atoms with Gasteiger partial charge in [-0.2, -0.15) is 0 Å². The molecule has 1 heterocycles. The summed E-state index contributed by atoms with van der Waals surface area (Å²) >= 11 is 0. The molecule has 3 nitrogen and oxygen atoms in total. The van der Waals surface area contributed by atoms with Gasteiger partial charge in [0.2, 0.25) is 0 Å². The number of hydrogen-bond acceptors (Lipinski definition) is 2. The van der Waals surface area contributed by atoms with Crippen molar-refractivity contribution in [2.24, 2.45) is 5.29 Å². The maximum atomic E-state index is 10.8. The first kappa shape index (κ1) is 11.0. The molecule has 0 aliphatic carbocycles. The fourth-order valence-corrected chi connectivity index (χ4v) is 2.45. The minimum absolute atomic E-state index is 0.717. The van der Waals surface area contributed by atoms with E-state index in [9.17, 15) is 4.91 Å². The van der Waals surface area contributed by atoms with Crippen molar-refractivity contribution in [2.75, 3.05) is 11.6 Å². The molecule has 0 atom stereocenters. The number of nitrogens with zero attached hydrogens (tertiary/aromatic N) is 2. The normalized spacial score (nSPS) is 14.1. The third-order valence-electron chi connectivity index (χ3n) is 3.39. The van der Waals surface area contributed by atoms with E-state index >= 15 is 0 Å². The smallest absolute Gasteiger partial charge is 0.0664 e. The maximum Gasteiger partial charge on any atom is 0.0664 e. The molecule has 2 aromatic rings. The molecule has 0 radical (unpaired) electrons. The Morgan fingerprint density at radius 3 is 2.61 bits per heavy atom. The van der Waals surface area contributed by atoms with Crippen LogP contribution in [-0.2, 0) is 6.42 Å². The molecule has 90 valence electrons. The Morgan fingerprint density at radius 1 is 1.00 bits per heavy atom. The molecule has 0 spiro atoms. The summed E-state index contributed by atoms with van der Waals surface area (Å²) in [5, 5.41) is 4.67. The van der Waals surface area contributed by atoms with Crippen LogP contribution in [0.2, 0.25) is 0 Å². The molecule has 0 fully saturated rings. The zero-order valence-electron chi connectivity index (χ0n) is 10.0. The molecule has 3 rings (SSSR count). The lowest BCUT2D eigenvalue weighted by Gasteiger charge is -2.24. The number of benzene rings is 2. The topological polar surface area (TPSA) is 32.7 Å². The van der Waals surface area contributed by atoms with Gasteiger partial charge in [0.05, 0.1) is 11.0 Å². The van der Waals surface area contributed by atoms with E-state index in [1.54, 1.807) is 5.01 Å². The van der Waals surface area contributed by atoms with E-state index in [0.717, 1.165) is 36.2 Å². The van der Waals surface area contributed by atoms with Gasteiger partial charge in [0.25, 0.3) is 0 Å². The van der Waals surface area contributed by atoms with E-state index in [1.807, 2.05) is 18.2 Å². The first-order valence-corrected chi connectivity index (χ1v) is 6.17. The van der Waals surface area contributed by atoms with Crippen molar-refractivity contribution in [3.05, 3.63) is 59.0 Å². The molecule has 0 bridgehead atoms. The second kappa shape index (κ2) is 4.61. The molecule has 2 aromatic carbocycles. The predicted molar refractivity (Wildman–Crippen MR) is 73.3 cm³/mol. The van der Waals surface area contributed by atoms with Gasteiger partial charge in [-0.15, -0.1) is 4.91 Å². The van der Waals surface area contributed by atoms with Crippen LogP contribution in [0.3, 0.4) is 0 Å². The number of rotatable bonds is 2. The number of fused-ring (bicyclic) bond motifs is 1. The lowest BCUT2D eigenvalue weighted by molar-refractivity contribution is 0.712. The number of anilines is 1. The minimum atomic E-state index is 0.717. The fraction of sp³-hybridized carbons (Fsp3) is 0.200. The lowest BCUT2D eigenvalue weighted by Crippen LogP contribution is -2.23. The van der Waals surface area contributed by atoms with Gasteiger partial charge in [0, 0.05) is 6.54 Å². The molecule has 0 unspecified atom stereocenters. The Bertz CT molecular complexity index is 566. The van der Waals surface area contributed by atoms with E-state index in [2.05, 4.69) is 35.6 Å². The summed E-state index contributed by atoms with van der Waals surface area (Å²) in [6.45, 7) is 0.717. The van der Waals surface area contributed by atoms with E-state index in [1.165, 1.54) is 5.56 Å². The molecule has 0 saturated heterocycles. The zero-order valence-corrected chi connectivity index (χ0v) is 10.0. The molecular weight excluding hydrogens is 224 g/mol. The highest BCUT2D eigenvalue weighted by molar-refractivity contribution is 5.71. The molecule has 0 amide bonds. The number of aryl methyl sites for hydroxylation is 1. The molecule has 3 heteroatoms. The lowest BCUT2D eigenvalue weighted by atomic mass is 9.97. The third kappa shape index (κ3) is 1.88. The van der Waals surface area contributed by atoms with Gasteiger partial charge in [-0.25, -0.2) is 5.01 Å². The summed E-state index contributed by atoms with van der Waals surface area (Å²) in [6.07, 6.45) is 2.01. The van der Waals surface area contributed by atoms with Crippen molar-refractivity contribution in [3.63, 3.8) is 0 Å². The van der Waals surface area contributed by atoms with E-state index in [4.69, 9.17) is 0 Å². The van der Waals surface area contributed by atoms with E-state index < -0.39 is 0 Å². The second-order valence-corrected chi connectivity index (χ2v) is 4.52. The van der Waals surface area contributed by atoms with Crippen LogP contribution in [0.4, 0.5) is 5.69 Å². The average molecular weight is 238 g/mol. The molecule has 1 aliphatic rings. The summed E-state index contributed by atoms with van der Waals surface area (Å²) < 4.78 is 0. The van der Waals surface area contributed by atoms with Crippen LogP contribution < -0.4 is 5.01 Å². The second-order valence-electron chi connectivity index (χ2n) is 4.52. The van der Waals surface area contributed by atoms with Crippen LogP contribution in [0.5, 0.6) is 0 Å². The van der Waals surface area contributed by atoms with Crippen molar-refractivity contribution in [2.45, 2.75) is 12.8 Å². The highest BCUT2D eigenvalue weighted by Crippen LogP contribution is 2.32. The Hall–Kier alpha value is -2.16. The Labute approximate surface area is 106 Å². The largest absolute Gasteiger partial charge is 0.229 e. The van der Waals surface area contributed by atoms with Crippen LogP contribution in [0.15, 0.2) is 53.8 Å². The van der Waals surface area contributed by atoms with Gasteiger partial charge in [0.15, 0.2) is 0 Å². The summed E-state index contributed by atoms with van der Waals surface area (Å²) in [4.78, 5) is 10.8. The van der Waals surface area contributed by atoms with E-state index in [-0.39, 0.29) is 0 Å². The Morgan fingerprint density at radius 2 is 1.83 bits per heavy atom. The number of hydrogen-bond donors (Lipinski definition) is 0. The molecule has 0 saturated carbocycles. The van der Waals surface area contributed by atoms with Gasteiger partial charge in [-0.05, 0) is 35.6 Å². The third-order valence-corrected chi connectivity index (χ3v) is 3.39. The van der Waals surface area contributed by atoms with Crippen molar-refractivity contribution in [1.29, 1.82) is 0 Å². The van der Waals surface area contributed by atoms with Crippen LogP contribution in [0, 0.1) is 4.91 Å². The van der Waals surface area contributed by atoms with E-state index in [0.29, 0.717) is 0 Å². The van der Waals surface area contributed by atoms with Crippen LogP contribution in [0.25, 0.3) is 11.1 Å². The van der Waals surface area contributed by atoms with Crippen LogP contribution in [-0.4, -0.2) is 6.54 Å². The quantitative estimate of drug-likeness (QED) is 0.746. The highest BCUT2D eigenvalue weighted by atomic mass is 16.3. The number of nitroso groups, excluding NO2 is 1. The highest BCUT2D eigenvalue weighted by Gasteiger charge is 2.17. The molecular formula is C15H14N2O. The average Bonchev–Trinajstić information content (AvgIpc) is 2.47. The summed E-state index contributed by atoms with van der Waals surface area (Å²) in [7, 11) is 0. The summed E-state index contributed by atoms with van der Waals surface area (Å²) in [5.74, 6) is 0. The van der Waals surface area contributed by atoms with Crippen molar-refractivity contribution < 1.29 is 0 Å². The predicted octanol–water partition coefficient (Wildman–Crippen LogP) is 3.79. The SMILES string of the molecule is O=NN1CCCc2ccc(-c3ccccc3)cc21. The standard InChI is InChI=1S/C15H14N2O/c18-16-17-10-4-7-13-8-9-14(11-15(13)17)12-5-2-1-3-6-12/h1-3,5-6,8-9,11H,4,7,10H2.